The summed E-state index contributed by atoms with van der Waals surface area (Å²) in [5, 5.41) is 7.72. The summed E-state index contributed by atoms with van der Waals surface area (Å²) in [7, 11) is 0. The molecule has 0 aliphatic carbocycles. The topological polar surface area (TPSA) is 121 Å². The standard InChI is InChI=1S/C25H26N6O3/c1-25(2,3)34-24(33)30-22(13-17-15-28-19-7-5-4-6-18(17)19)23(32)31-29-14-16-8-9-20-21(12-16)27-11-10-26-20/h4-12,14-15,22,28H,13H2,1-3H3,(H,30,33)(H,31,32)/t22-/m1/s1. The van der Waals surface area contributed by atoms with Crippen LogP contribution in [0.15, 0.2) is 66.2 Å². The lowest BCUT2D eigenvalue weighted by molar-refractivity contribution is -0.123. The summed E-state index contributed by atoms with van der Waals surface area (Å²) in [6.45, 7) is 5.29. The molecule has 4 aromatic rings. The second-order valence-electron chi connectivity index (χ2n) is 8.80. The first-order chi connectivity index (χ1) is 16.3. The minimum atomic E-state index is -0.895. The molecule has 2 amide bonds. The Morgan fingerprint density at radius 3 is 2.68 bits per heavy atom. The molecule has 2 heterocycles. The quantitative estimate of drug-likeness (QED) is 0.300. The number of nitrogens with one attached hydrogen (secondary N) is 3. The normalized spacial score (nSPS) is 12.7. The van der Waals surface area contributed by atoms with Crippen molar-refractivity contribution in [1.82, 2.24) is 25.7 Å². The van der Waals surface area contributed by atoms with Crippen LogP contribution in [0.2, 0.25) is 0 Å². The van der Waals surface area contributed by atoms with E-state index in [2.05, 4.69) is 30.8 Å². The van der Waals surface area contributed by atoms with Crippen molar-refractivity contribution in [2.75, 3.05) is 0 Å². The van der Waals surface area contributed by atoms with E-state index in [4.69, 9.17) is 4.74 Å². The number of benzene rings is 2. The van der Waals surface area contributed by atoms with E-state index in [0.29, 0.717) is 0 Å². The lowest BCUT2D eigenvalue weighted by atomic mass is 10.0. The third-order valence-corrected chi connectivity index (χ3v) is 4.99. The molecule has 34 heavy (non-hydrogen) atoms. The van der Waals surface area contributed by atoms with E-state index in [9.17, 15) is 9.59 Å². The van der Waals surface area contributed by atoms with Crippen LogP contribution in [-0.4, -0.2) is 44.8 Å². The lowest BCUT2D eigenvalue weighted by Gasteiger charge is -2.22. The SMILES string of the molecule is CC(C)(C)OC(=O)N[C@H](Cc1c[nH]c2ccccc12)C(=O)NN=Cc1ccc2nccnc2c1. The number of nitrogens with zero attached hydrogens (tertiary/aromatic N) is 3. The van der Waals surface area contributed by atoms with Crippen LogP contribution in [0.4, 0.5) is 4.79 Å². The first-order valence-electron chi connectivity index (χ1n) is 10.9. The van der Waals surface area contributed by atoms with Crippen LogP contribution >= 0.6 is 0 Å². The average molecular weight is 459 g/mol. The molecule has 2 aromatic carbocycles. The summed E-state index contributed by atoms with van der Waals surface area (Å²) in [6.07, 6.45) is 6.17. The highest BCUT2D eigenvalue weighted by Crippen LogP contribution is 2.19. The first-order valence-corrected chi connectivity index (χ1v) is 10.9. The van der Waals surface area contributed by atoms with Crippen molar-refractivity contribution in [3.8, 4) is 0 Å². The molecular weight excluding hydrogens is 432 g/mol. The molecule has 3 N–H and O–H groups in total. The average Bonchev–Trinajstić information content (AvgIpc) is 3.20. The Morgan fingerprint density at radius 1 is 1.12 bits per heavy atom. The zero-order valence-electron chi connectivity index (χ0n) is 19.2. The lowest BCUT2D eigenvalue weighted by Crippen LogP contribution is -2.48. The summed E-state index contributed by atoms with van der Waals surface area (Å²) >= 11 is 0. The second-order valence-corrected chi connectivity index (χ2v) is 8.80. The fraction of sp³-hybridized carbons (Fsp3) is 0.240. The number of aromatic nitrogens is 3. The smallest absolute Gasteiger partial charge is 0.408 e. The molecule has 9 nitrogen and oxygen atoms in total. The summed E-state index contributed by atoms with van der Waals surface area (Å²) in [4.78, 5) is 37.1. The van der Waals surface area contributed by atoms with Gasteiger partial charge in [-0.25, -0.2) is 10.2 Å². The summed E-state index contributed by atoms with van der Waals surface area (Å²) < 4.78 is 5.35. The van der Waals surface area contributed by atoms with Crippen molar-refractivity contribution in [3.63, 3.8) is 0 Å². The number of H-pyrrole nitrogens is 1. The van der Waals surface area contributed by atoms with Crippen LogP contribution in [0.1, 0.15) is 31.9 Å². The van der Waals surface area contributed by atoms with Gasteiger partial charge >= 0.3 is 6.09 Å². The molecule has 0 aliphatic rings. The van der Waals surface area contributed by atoms with Crippen LogP contribution in [0.25, 0.3) is 21.9 Å². The maximum absolute atomic E-state index is 13.0. The van der Waals surface area contributed by atoms with E-state index >= 15 is 0 Å². The highest BCUT2D eigenvalue weighted by molar-refractivity contribution is 5.90. The van der Waals surface area contributed by atoms with Gasteiger partial charge in [-0.2, -0.15) is 5.10 Å². The molecule has 0 unspecified atom stereocenters. The van der Waals surface area contributed by atoms with Crippen LogP contribution in [0.3, 0.4) is 0 Å². The molecule has 174 valence electrons. The van der Waals surface area contributed by atoms with Crippen LogP contribution in [-0.2, 0) is 16.0 Å². The van der Waals surface area contributed by atoms with Gasteiger partial charge in [-0.15, -0.1) is 0 Å². The Bertz CT molecular complexity index is 1360. The minimum Gasteiger partial charge on any atom is -0.444 e. The fourth-order valence-electron chi connectivity index (χ4n) is 3.49. The van der Waals surface area contributed by atoms with Gasteiger partial charge in [-0.05, 0) is 50.1 Å². The maximum atomic E-state index is 13.0. The van der Waals surface area contributed by atoms with Crippen molar-refractivity contribution in [2.24, 2.45) is 5.10 Å². The van der Waals surface area contributed by atoms with E-state index in [0.717, 1.165) is 33.1 Å². The van der Waals surface area contributed by atoms with Gasteiger partial charge in [-0.1, -0.05) is 24.3 Å². The summed E-state index contributed by atoms with van der Waals surface area (Å²) in [5.74, 6) is -0.465. The van der Waals surface area contributed by atoms with Gasteiger partial charge in [-0.3, -0.25) is 14.8 Å². The van der Waals surface area contributed by atoms with Crippen LogP contribution in [0.5, 0.6) is 0 Å². The molecule has 0 saturated carbocycles. The predicted molar refractivity (Wildman–Crippen MR) is 130 cm³/mol. The number of hydrazone groups is 1. The Labute approximate surface area is 196 Å². The van der Waals surface area contributed by atoms with E-state index < -0.39 is 23.6 Å². The van der Waals surface area contributed by atoms with Crippen molar-refractivity contribution >= 4 is 40.2 Å². The summed E-state index contributed by atoms with van der Waals surface area (Å²) in [5.41, 5.74) is 5.92. The Hall–Kier alpha value is -4.27. The second kappa shape index (κ2) is 9.70. The number of ether oxygens (including phenoxy) is 1. The Kier molecular flexibility index (Phi) is 6.53. The van der Waals surface area contributed by atoms with Gasteiger partial charge in [0, 0.05) is 35.9 Å². The van der Waals surface area contributed by atoms with Crippen LogP contribution < -0.4 is 10.7 Å². The molecule has 0 radical (unpaired) electrons. The molecule has 0 aliphatic heterocycles. The van der Waals surface area contributed by atoms with Crippen molar-refractivity contribution in [2.45, 2.75) is 38.8 Å². The third kappa shape index (κ3) is 5.74. The highest BCUT2D eigenvalue weighted by atomic mass is 16.6. The molecule has 2 aromatic heterocycles. The molecule has 1 atom stereocenters. The number of para-hydroxylation sites is 1. The molecular formula is C25H26N6O3. The van der Waals surface area contributed by atoms with E-state index in [-0.39, 0.29) is 6.42 Å². The van der Waals surface area contributed by atoms with Gasteiger partial charge in [0.25, 0.3) is 5.91 Å². The monoisotopic (exact) mass is 458 g/mol. The largest absolute Gasteiger partial charge is 0.444 e. The Morgan fingerprint density at radius 2 is 1.88 bits per heavy atom. The fourth-order valence-corrected chi connectivity index (χ4v) is 3.49. The van der Waals surface area contributed by atoms with Gasteiger partial charge < -0.3 is 15.0 Å². The van der Waals surface area contributed by atoms with E-state index in [1.165, 1.54) is 6.21 Å². The Balaban J connectivity index is 1.49. The van der Waals surface area contributed by atoms with Gasteiger partial charge in [0.05, 0.1) is 17.2 Å². The van der Waals surface area contributed by atoms with Gasteiger partial charge in [0.15, 0.2) is 0 Å². The molecule has 0 fully saturated rings. The number of carbonyl (C=O) groups is 2. The number of amides is 2. The maximum Gasteiger partial charge on any atom is 0.408 e. The van der Waals surface area contributed by atoms with Crippen molar-refractivity contribution in [1.29, 1.82) is 0 Å². The first kappa shape index (κ1) is 22.9. The number of aromatic amines is 1. The number of fused-ring (bicyclic) bond motifs is 2. The number of carbonyl (C=O) groups excluding carboxylic acids is 2. The summed E-state index contributed by atoms with van der Waals surface area (Å²) in [6, 6.07) is 12.4. The van der Waals surface area contributed by atoms with E-state index in [1.807, 2.05) is 48.7 Å². The highest BCUT2D eigenvalue weighted by Gasteiger charge is 2.25. The molecule has 9 heteroatoms. The molecule has 4 rings (SSSR count). The van der Waals surface area contributed by atoms with E-state index in [1.54, 1.807) is 33.2 Å². The molecule has 0 saturated heterocycles. The zero-order chi connectivity index (χ0) is 24.1. The van der Waals surface area contributed by atoms with Gasteiger partial charge in [0.1, 0.15) is 11.6 Å². The zero-order valence-corrected chi connectivity index (χ0v) is 19.2. The van der Waals surface area contributed by atoms with Gasteiger partial charge in [0.2, 0.25) is 0 Å². The number of alkyl carbamates (subject to hydrolysis) is 1. The number of rotatable bonds is 6. The van der Waals surface area contributed by atoms with Crippen molar-refractivity contribution in [3.05, 3.63) is 72.2 Å². The molecule has 0 bridgehead atoms. The minimum absolute atomic E-state index is 0.260. The number of hydrogen-bond donors (Lipinski definition) is 3. The van der Waals surface area contributed by atoms with Crippen LogP contribution in [0, 0.1) is 0 Å². The van der Waals surface area contributed by atoms with Crippen molar-refractivity contribution < 1.29 is 14.3 Å². The number of hydrogen-bond acceptors (Lipinski definition) is 6. The third-order valence-electron chi connectivity index (χ3n) is 4.99. The predicted octanol–water partition coefficient (Wildman–Crippen LogP) is 3.70. The molecule has 0 spiro atoms.